The van der Waals surface area contributed by atoms with Crippen molar-refractivity contribution in [3.05, 3.63) is 0 Å². The van der Waals surface area contributed by atoms with Gasteiger partial charge in [0.25, 0.3) is 0 Å². The molecular weight excluding hydrogens is 290 g/mol. The first-order valence-electron chi connectivity index (χ1n) is 9.44. The van der Waals surface area contributed by atoms with Crippen LogP contribution in [0.15, 0.2) is 0 Å². The van der Waals surface area contributed by atoms with E-state index in [1.165, 1.54) is 38.5 Å². The highest BCUT2D eigenvalue weighted by Gasteiger charge is 2.15. The lowest BCUT2D eigenvalue weighted by Gasteiger charge is -2.17. The topological polar surface area (TPSA) is 66.4 Å². The highest BCUT2D eigenvalue weighted by atomic mass is 16.4. The average Bonchev–Trinajstić information content (AvgIpc) is 2.46. The molecule has 0 radical (unpaired) electrons. The molecule has 0 saturated heterocycles. The van der Waals surface area contributed by atoms with Gasteiger partial charge in [0.1, 0.15) is 0 Å². The molecule has 0 spiro atoms. The molecule has 0 aliphatic rings. The molecule has 1 atom stereocenters. The molecule has 2 N–H and O–H groups in total. The van der Waals surface area contributed by atoms with Crippen LogP contribution in [0.2, 0.25) is 0 Å². The van der Waals surface area contributed by atoms with Gasteiger partial charge in [0, 0.05) is 19.4 Å². The molecule has 136 valence electrons. The van der Waals surface area contributed by atoms with Gasteiger partial charge in [0.2, 0.25) is 5.91 Å². The molecule has 0 bridgehead atoms. The number of amides is 1. The third kappa shape index (κ3) is 15.6. The van der Waals surface area contributed by atoms with Crippen LogP contribution in [0.1, 0.15) is 91.4 Å². The predicted octanol–water partition coefficient (Wildman–Crippen LogP) is 4.77. The fourth-order valence-electron chi connectivity index (χ4n) is 2.92. The summed E-state index contributed by atoms with van der Waals surface area (Å²) < 4.78 is 0. The number of aliphatic carboxylic acids is 1. The first kappa shape index (κ1) is 21.9. The van der Waals surface area contributed by atoms with E-state index in [1.54, 1.807) is 0 Å². The lowest BCUT2D eigenvalue weighted by atomic mass is 9.94. The Morgan fingerprint density at radius 2 is 1.52 bits per heavy atom. The van der Waals surface area contributed by atoms with Crippen molar-refractivity contribution >= 4 is 11.9 Å². The summed E-state index contributed by atoms with van der Waals surface area (Å²) in [4.78, 5) is 22.7. The van der Waals surface area contributed by atoms with Crippen LogP contribution >= 0.6 is 0 Å². The molecule has 0 heterocycles. The van der Waals surface area contributed by atoms with Gasteiger partial charge in [0.15, 0.2) is 0 Å². The number of hydrogen-bond donors (Lipinski definition) is 2. The SMILES string of the molecule is CCCCCCCCCCC(=O)NCC(CC(=O)O)CC(C)C. The van der Waals surface area contributed by atoms with Gasteiger partial charge >= 0.3 is 5.97 Å². The Labute approximate surface area is 142 Å². The van der Waals surface area contributed by atoms with Crippen LogP contribution in [0.5, 0.6) is 0 Å². The van der Waals surface area contributed by atoms with Crippen molar-refractivity contribution in [2.75, 3.05) is 6.54 Å². The van der Waals surface area contributed by atoms with Gasteiger partial charge in [-0.1, -0.05) is 65.7 Å². The van der Waals surface area contributed by atoms with E-state index in [2.05, 4.69) is 26.1 Å². The van der Waals surface area contributed by atoms with Crippen LogP contribution in [0.25, 0.3) is 0 Å². The number of nitrogens with one attached hydrogen (secondary N) is 1. The second-order valence-corrected chi connectivity index (χ2v) is 7.12. The van der Waals surface area contributed by atoms with Crippen LogP contribution < -0.4 is 5.32 Å². The quantitative estimate of drug-likeness (QED) is 0.426. The molecule has 23 heavy (non-hydrogen) atoms. The van der Waals surface area contributed by atoms with Crippen LogP contribution in [-0.2, 0) is 9.59 Å². The van der Waals surface area contributed by atoms with Crippen molar-refractivity contribution < 1.29 is 14.7 Å². The second-order valence-electron chi connectivity index (χ2n) is 7.12. The second kappa shape index (κ2) is 14.5. The summed E-state index contributed by atoms with van der Waals surface area (Å²) in [5, 5.41) is 11.8. The van der Waals surface area contributed by atoms with Gasteiger partial charge in [-0.2, -0.15) is 0 Å². The number of carbonyl (C=O) groups is 2. The van der Waals surface area contributed by atoms with E-state index in [4.69, 9.17) is 5.11 Å². The molecule has 4 heteroatoms. The third-order valence-electron chi connectivity index (χ3n) is 4.11. The summed E-state index contributed by atoms with van der Waals surface area (Å²) in [5.74, 6) is -0.234. The summed E-state index contributed by atoms with van der Waals surface area (Å²) in [5.41, 5.74) is 0. The predicted molar refractivity (Wildman–Crippen MR) is 95.4 cm³/mol. The Morgan fingerprint density at radius 1 is 0.957 bits per heavy atom. The molecule has 0 aromatic heterocycles. The number of hydrogen-bond acceptors (Lipinski definition) is 2. The summed E-state index contributed by atoms with van der Waals surface area (Å²) >= 11 is 0. The maximum absolute atomic E-state index is 11.8. The average molecular weight is 328 g/mol. The van der Waals surface area contributed by atoms with E-state index in [0.29, 0.717) is 18.9 Å². The Hall–Kier alpha value is -1.06. The minimum absolute atomic E-state index is 0.0371. The Bertz CT molecular complexity index is 316. The van der Waals surface area contributed by atoms with E-state index in [0.717, 1.165) is 19.3 Å². The summed E-state index contributed by atoms with van der Waals surface area (Å²) in [6.45, 7) is 6.87. The number of carboxylic acids is 1. The standard InChI is InChI=1S/C19H37NO3/c1-4-5-6-7-8-9-10-11-12-18(21)20-15-17(13-16(2)3)14-19(22)23/h16-17H,4-15H2,1-3H3,(H,20,21)(H,22,23). The lowest BCUT2D eigenvalue weighted by molar-refractivity contribution is -0.138. The van der Waals surface area contributed by atoms with Crippen molar-refractivity contribution in [3.63, 3.8) is 0 Å². The molecule has 0 aromatic carbocycles. The molecule has 0 aliphatic carbocycles. The van der Waals surface area contributed by atoms with Crippen LogP contribution in [0.4, 0.5) is 0 Å². The summed E-state index contributed by atoms with van der Waals surface area (Å²) in [6.07, 6.45) is 11.3. The first-order chi connectivity index (χ1) is 11.0. The fourth-order valence-corrected chi connectivity index (χ4v) is 2.92. The minimum Gasteiger partial charge on any atom is -0.481 e. The third-order valence-corrected chi connectivity index (χ3v) is 4.11. The van der Waals surface area contributed by atoms with E-state index in [9.17, 15) is 9.59 Å². The zero-order valence-electron chi connectivity index (χ0n) is 15.4. The van der Waals surface area contributed by atoms with E-state index in [1.807, 2.05) is 0 Å². The Morgan fingerprint density at radius 3 is 2.04 bits per heavy atom. The maximum atomic E-state index is 11.8. The normalized spacial score (nSPS) is 12.3. The van der Waals surface area contributed by atoms with E-state index < -0.39 is 5.97 Å². The molecule has 0 saturated carbocycles. The Kier molecular flexibility index (Phi) is 13.9. The van der Waals surface area contributed by atoms with Crippen LogP contribution in [0, 0.1) is 11.8 Å². The molecule has 0 fully saturated rings. The molecular formula is C19H37NO3. The fraction of sp³-hybridized carbons (Fsp3) is 0.895. The van der Waals surface area contributed by atoms with Crippen LogP contribution in [-0.4, -0.2) is 23.5 Å². The van der Waals surface area contributed by atoms with E-state index in [-0.39, 0.29) is 18.2 Å². The van der Waals surface area contributed by atoms with Gasteiger partial charge < -0.3 is 10.4 Å². The van der Waals surface area contributed by atoms with Gasteiger partial charge in [-0.25, -0.2) is 0 Å². The minimum atomic E-state index is -0.784. The largest absolute Gasteiger partial charge is 0.481 e. The van der Waals surface area contributed by atoms with Crippen molar-refractivity contribution in [2.24, 2.45) is 11.8 Å². The molecule has 0 rings (SSSR count). The van der Waals surface area contributed by atoms with Crippen molar-refractivity contribution in [1.29, 1.82) is 0 Å². The van der Waals surface area contributed by atoms with Gasteiger partial charge in [-0.05, 0) is 24.7 Å². The van der Waals surface area contributed by atoms with Crippen molar-refractivity contribution in [1.82, 2.24) is 5.32 Å². The zero-order chi connectivity index (χ0) is 17.5. The van der Waals surface area contributed by atoms with Crippen LogP contribution in [0.3, 0.4) is 0 Å². The van der Waals surface area contributed by atoms with Gasteiger partial charge in [-0.3, -0.25) is 9.59 Å². The number of carboxylic acid groups (broad SMARTS) is 1. The van der Waals surface area contributed by atoms with Crippen molar-refractivity contribution in [2.45, 2.75) is 91.4 Å². The monoisotopic (exact) mass is 327 g/mol. The molecule has 4 nitrogen and oxygen atoms in total. The molecule has 0 aromatic rings. The highest BCUT2D eigenvalue weighted by molar-refractivity contribution is 5.75. The molecule has 0 aliphatic heterocycles. The first-order valence-corrected chi connectivity index (χ1v) is 9.44. The van der Waals surface area contributed by atoms with Gasteiger partial charge in [-0.15, -0.1) is 0 Å². The number of unbranched alkanes of at least 4 members (excludes halogenated alkanes) is 7. The Balaban J connectivity index is 3.68. The molecule has 1 amide bonds. The summed E-state index contributed by atoms with van der Waals surface area (Å²) in [7, 11) is 0. The van der Waals surface area contributed by atoms with E-state index >= 15 is 0 Å². The smallest absolute Gasteiger partial charge is 0.303 e. The number of carbonyl (C=O) groups excluding carboxylic acids is 1. The van der Waals surface area contributed by atoms with Gasteiger partial charge in [0.05, 0.1) is 0 Å². The molecule has 1 unspecified atom stereocenters. The lowest BCUT2D eigenvalue weighted by Crippen LogP contribution is -2.30. The maximum Gasteiger partial charge on any atom is 0.303 e. The summed E-state index contributed by atoms with van der Waals surface area (Å²) in [6, 6.07) is 0. The zero-order valence-corrected chi connectivity index (χ0v) is 15.4. The number of rotatable bonds is 15. The highest BCUT2D eigenvalue weighted by Crippen LogP contribution is 2.15. The van der Waals surface area contributed by atoms with Crippen molar-refractivity contribution in [3.8, 4) is 0 Å².